The Kier molecular flexibility index (Phi) is 4.74. The van der Waals surface area contributed by atoms with E-state index in [1.165, 1.54) is 11.3 Å². The van der Waals surface area contributed by atoms with Crippen LogP contribution in [0.5, 0.6) is 0 Å². The van der Waals surface area contributed by atoms with Crippen molar-refractivity contribution in [3.05, 3.63) is 29.8 Å². The average molecular weight is 275 g/mol. The molecule has 1 saturated carbocycles. The summed E-state index contributed by atoms with van der Waals surface area (Å²) in [5, 5.41) is 3.66. The van der Waals surface area contributed by atoms with Crippen molar-refractivity contribution in [2.75, 3.05) is 11.9 Å². The largest absolute Gasteiger partial charge is 0.382 e. The number of aryl methyl sites for hydroxylation is 1. The highest BCUT2D eigenvalue weighted by Gasteiger charge is 2.49. The highest BCUT2D eigenvalue weighted by atomic mass is 16.5. The predicted molar refractivity (Wildman–Crippen MR) is 86.2 cm³/mol. The Labute approximate surface area is 123 Å². The molecule has 0 radical (unpaired) electrons. The molecule has 112 valence electrons. The van der Waals surface area contributed by atoms with Gasteiger partial charge in [0.1, 0.15) is 0 Å². The topological polar surface area (TPSA) is 21.3 Å². The second kappa shape index (κ2) is 6.17. The summed E-state index contributed by atoms with van der Waals surface area (Å²) in [6, 6.07) is 9.31. The number of rotatable bonds is 6. The minimum absolute atomic E-state index is 0.207. The number of ether oxygens (including phenoxy) is 1. The van der Waals surface area contributed by atoms with E-state index in [1.54, 1.807) is 0 Å². The van der Waals surface area contributed by atoms with Crippen LogP contribution in [0, 0.1) is 11.3 Å². The molecular formula is C18H29NO. The van der Waals surface area contributed by atoms with Crippen LogP contribution < -0.4 is 5.32 Å². The molecule has 1 fully saturated rings. The lowest BCUT2D eigenvalue weighted by molar-refractivity contribution is -0.108. The summed E-state index contributed by atoms with van der Waals surface area (Å²) in [5.41, 5.74) is 2.82. The van der Waals surface area contributed by atoms with Gasteiger partial charge in [0.05, 0.1) is 6.10 Å². The van der Waals surface area contributed by atoms with Gasteiger partial charge in [-0.25, -0.2) is 0 Å². The van der Waals surface area contributed by atoms with Gasteiger partial charge in [0.15, 0.2) is 0 Å². The van der Waals surface area contributed by atoms with E-state index in [1.807, 2.05) is 0 Å². The van der Waals surface area contributed by atoms with E-state index >= 15 is 0 Å². The van der Waals surface area contributed by atoms with Crippen molar-refractivity contribution < 1.29 is 4.74 Å². The summed E-state index contributed by atoms with van der Waals surface area (Å²) in [4.78, 5) is 0. The first-order chi connectivity index (χ1) is 9.43. The van der Waals surface area contributed by atoms with Gasteiger partial charge in [0, 0.05) is 23.8 Å². The molecule has 20 heavy (non-hydrogen) atoms. The molecule has 0 aromatic heterocycles. The molecule has 0 spiro atoms. The standard InChI is InChI=1S/C18H29NO/c1-6-14-7-9-15(10-8-14)19-16-11-17(18(16,4)5)20-12-13(2)3/h7-10,13,16-17,19H,6,11-12H2,1-5H3. The first-order valence-electron chi connectivity index (χ1n) is 7.90. The third-order valence-corrected chi connectivity index (χ3v) is 4.51. The van der Waals surface area contributed by atoms with Gasteiger partial charge in [-0.3, -0.25) is 0 Å². The Morgan fingerprint density at radius 3 is 2.40 bits per heavy atom. The Hall–Kier alpha value is -1.02. The number of hydrogen-bond donors (Lipinski definition) is 1. The molecule has 1 aliphatic rings. The molecule has 2 atom stereocenters. The maximum atomic E-state index is 6.02. The van der Waals surface area contributed by atoms with Crippen molar-refractivity contribution in [3.63, 3.8) is 0 Å². The monoisotopic (exact) mass is 275 g/mol. The molecule has 2 nitrogen and oxygen atoms in total. The molecule has 0 saturated heterocycles. The van der Waals surface area contributed by atoms with E-state index in [0.717, 1.165) is 19.4 Å². The number of hydrogen-bond acceptors (Lipinski definition) is 2. The van der Waals surface area contributed by atoms with Crippen molar-refractivity contribution in [1.29, 1.82) is 0 Å². The summed E-state index contributed by atoms with van der Waals surface area (Å²) in [5.74, 6) is 0.611. The van der Waals surface area contributed by atoms with Crippen LogP contribution in [-0.2, 0) is 11.2 Å². The number of anilines is 1. The summed E-state index contributed by atoms with van der Waals surface area (Å²) in [7, 11) is 0. The van der Waals surface area contributed by atoms with E-state index in [4.69, 9.17) is 4.74 Å². The molecule has 1 aromatic carbocycles. The van der Waals surface area contributed by atoms with Crippen molar-refractivity contribution in [1.82, 2.24) is 0 Å². The van der Waals surface area contributed by atoms with Gasteiger partial charge in [-0.1, -0.05) is 46.8 Å². The van der Waals surface area contributed by atoms with Gasteiger partial charge in [0.2, 0.25) is 0 Å². The zero-order chi connectivity index (χ0) is 14.8. The maximum absolute atomic E-state index is 6.02. The molecule has 1 N–H and O–H groups in total. The van der Waals surface area contributed by atoms with Gasteiger partial charge in [-0.15, -0.1) is 0 Å². The van der Waals surface area contributed by atoms with E-state index < -0.39 is 0 Å². The SMILES string of the molecule is CCc1ccc(NC2CC(OCC(C)C)C2(C)C)cc1. The van der Waals surface area contributed by atoms with Crippen molar-refractivity contribution in [3.8, 4) is 0 Å². The molecule has 2 rings (SSSR count). The van der Waals surface area contributed by atoms with E-state index in [9.17, 15) is 0 Å². The first kappa shape index (κ1) is 15.4. The second-order valence-corrected chi connectivity index (χ2v) is 7.02. The summed E-state index contributed by atoms with van der Waals surface area (Å²) >= 11 is 0. The third kappa shape index (κ3) is 3.35. The molecule has 0 aliphatic heterocycles. The predicted octanol–water partition coefficient (Wildman–Crippen LogP) is 4.50. The van der Waals surface area contributed by atoms with E-state index in [2.05, 4.69) is 64.2 Å². The Bertz CT molecular complexity index is 422. The molecule has 0 bridgehead atoms. The highest BCUT2D eigenvalue weighted by Crippen LogP contribution is 2.44. The smallest absolute Gasteiger partial charge is 0.0665 e. The molecule has 1 aromatic rings. The quantitative estimate of drug-likeness (QED) is 0.825. The zero-order valence-corrected chi connectivity index (χ0v) is 13.6. The lowest BCUT2D eigenvalue weighted by Crippen LogP contribution is -2.58. The van der Waals surface area contributed by atoms with Gasteiger partial charge in [0.25, 0.3) is 0 Å². The summed E-state index contributed by atoms with van der Waals surface area (Å²) < 4.78 is 6.02. The Morgan fingerprint density at radius 1 is 1.25 bits per heavy atom. The molecule has 0 heterocycles. The molecule has 1 aliphatic carbocycles. The fourth-order valence-corrected chi connectivity index (χ4v) is 2.76. The molecule has 2 unspecified atom stereocenters. The van der Waals surface area contributed by atoms with Crippen LogP contribution in [0.25, 0.3) is 0 Å². The maximum Gasteiger partial charge on any atom is 0.0665 e. The van der Waals surface area contributed by atoms with Crippen LogP contribution in [0.3, 0.4) is 0 Å². The fraction of sp³-hybridized carbons (Fsp3) is 0.667. The van der Waals surface area contributed by atoms with Gasteiger partial charge in [-0.2, -0.15) is 0 Å². The van der Waals surface area contributed by atoms with Crippen molar-refractivity contribution in [2.45, 2.75) is 59.6 Å². The first-order valence-corrected chi connectivity index (χ1v) is 7.90. The minimum Gasteiger partial charge on any atom is -0.382 e. The van der Waals surface area contributed by atoms with E-state index in [-0.39, 0.29) is 5.41 Å². The van der Waals surface area contributed by atoms with Crippen LogP contribution in [0.15, 0.2) is 24.3 Å². The van der Waals surface area contributed by atoms with E-state index in [0.29, 0.717) is 18.1 Å². The van der Waals surface area contributed by atoms with Crippen LogP contribution >= 0.6 is 0 Å². The van der Waals surface area contributed by atoms with Crippen molar-refractivity contribution in [2.24, 2.45) is 11.3 Å². The summed E-state index contributed by atoms with van der Waals surface area (Å²) in [6.45, 7) is 12.1. The normalized spacial score (nSPS) is 24.5. The van der Waals surface area contributed by atoms with Gasteiger partial charge in [-0.05, 0) is 36.5 Å². The minimum atomic E-state index is 0.207. The van der Waals surface area contributed by atoms with Crippen LogP contribution in [0.2, 0.25) is 0 Å². The fourth-order valence-electron chi connectivity index (χ4n) is 2.76. The zero-order valence-electron chi connectivity index (χ0n) is 13.6. The van der Waals surface area contributed by atoms with Gasteiger partial charge >= 0.3 is 0 Å². The molecule has 2 heteroatoms. The second-order valence-electron chi connectivity index (χ2n) is 7.02. The Balaban J connectivity index is 1.88. The highest BCUT2D eigenvalue weighted by molar-refractivity contribution is 5.46. The van der Waals surface area contributed by atoms with Crippen LogP contribution in [0.1, 0.15) is 46.6 Å². The summed E-state index contributed by atoms with van der Waals surface area (Å²) in [6.07, 6.45) is 2.59. The molecule has 0 amide bonds. The average Bonchev–Trinajstić information content (AvgIpc) is 2.42. The van der Waals surface area contributed by atoms with Gasteiger partial charge < -0.3 is 10.1 Å². The van der Waals surface area contributed by atoms with Crippen molar-refractivity contribution >= 4 is 5.69 Å². The number of nitrogens with one attached hydrogen (secondary N) is 1. The molecular weight excluding hydrogens is 246 g/mol. The Morgan fingerprint density at radius 2 is 1.90 bits per heavy atom. The number of benzene rings is 1. The van der Waals surface area contributed by atoms with Crippen LogP contribution in [0.4, 0.5) is 5.69 Å². The lowest BCUT2D eigenvalue weighted by atomic mass is 9.64. The van der Waals surface area contributed by atoms with Crippen LogP contribution in [-0.4, -0.2) is 18.8 Å². The lowest BCUT2D eigenvalue weighted by Gasteiger charge is -2.52. The third-order valence-electron chi connectivity index (χ3n) is 4.51.